The minimum atomic E-state index is -0.591. The van der Waals surface area contributed by atoms with Crippen molar-refractivity contribution in [1.29, 1.82) is 0 Å². The average Bonchev–Trinajstić information content (AvgIpc) is 3.40. The number of benzene rings is 1. The maximum absolute atomic E-state index is 13.2. The summed E-state index contributed by atoms with van der Waals surface area (Å²) in [6, 6.07) is 7.13. The number of amides is 2. The number of esters is 1. The smallest absolute Gasteiger partial charge is 0.410 e. The Morgan fingerprint density at radius 3 is 2.56 bits per heavy atom. The van der Waals surface area contributed by atoms with Gasteiger partial charge in [-0.25, -0.2) is 9.59 Å². The first-order chi connectivity index (χ1) is 15.1. The molecule has 0 unspecified atom stereocenters. The van der Waals surface area contributed by atoms with Crippen molar-refractivity contribution in [3.63, 3.8) is 0 Å². The molecule has 0 radical (unpaired) electrons. The Morgan fingerprint density at radius 1 is 1.16 bits per heavy atom. The summed E-state index contributed by atoms with van der Waals surface area (Å²) in [5.74, 6) is -0.667. The number of hydrogen-bond acceptors (Lipinski definition) is 6. The van der Waals surface area contributed by atoms with E-state index >= 15 is 0 Å². The second-order valence-corrected chi connectivity index (χ2v) is 9.24. The molecule has 2 heterocycles. The minimum absolute atomic E-state index is 0.252. The molecule has 170 valence electrons. The summed E-state index contributed by atoms with van der Waals surface area (Å²) < 4.78 is 12.0. The van der Waals surface area contributed by atoms with Gasteiger partial charge in [-0.15, -0.1) is 0 Å². The predicted octanol–water partition coefficient (Wildman–Crippen LogP) is 2.84. The second kappa shape index (κ2) is 7.96. The first-order valence-electron chi connectivity index (χ1n) is 10.7. The Morgan fingerprint density at radius 2 is 1.91 bits per heavy atom. The third-order valence-electron chi connectivity index (χ3n) is 5.71. The summed E-state index contributed by atoms with van der Waals surface area (Å²) in [5.41, 5.74) is 1.32. The van der Waals surface area contributed by atoms with E-state index in [9.17, 15) is 14.4 Å². The molecule has 1 saturated carbocycles. The molecule has 0 saturated heterocycles. The number of methoxy groups -OCH3 is 1. The van der Waals surface area contributed by atoms with E-state index in [1.807, 2.05) is 26.8 Å². The number of fused-ring (bicyclic) bond motifs is 1. The Labute approximate surface area is 186 Å². The number of carbonyl (C=O) groups is 3. The SMILES string of the molecule is COC(=O)c1cccc(C2(NC(=O)c3cnn4c3CN(C(=O)OC(C)(C)C)CC4)CC2)c1. The highest BCUT2D eigenvalue weighted by Crippen LogP contribution is 2.46. The lowest BCUT2D eigenvalue weighted by Crippen LogP contribution is -2.42. The fourth-order valence-electron chi connectivity index (χ4n) is 3.87. The molecule has 1 N–H and O–H groups in total. The minimum Gasteiger partial charge on any atom is -0.465 e. The highest BCUT2D eigenvalue weighted by atomic mass is 16.6. The highest BCUT2D eigenvalue weighted by molar-refractivity contribution is 5.96. The molecule has 9 nitrogen and oxygen atoms in total. The van der Waals surface area contributed by atoms with Crippen LogP contribution in [-0.2, 0) is 28.1 Å². The molecule has 1 aromatic carbocycles. The third-order valence-corrected chi connectivity index (χ3v) is 5.71. The molecule has 4 rings (SSSR count). The summed E-state index contributed by atoms with van der Waals surface area (Å²) in [6.45, 7) is 6.68. The lowest BCUT2D eigenvalue weighted by molar-refractivity contribution is 0.0192. The lowest BCUT2D eigenvalue weighted by atomic mass is 10.0. The maximum atomic E-state index is 13.2. The number of nitrogens with zero attached hydrogens (tertiary/aromatic N) is 3. The van der Waals surface area contributed by atoms with E-state index in [1.165, 1.54) is 7.11 Å². The van der Waals surface area contributed by atoms with Gasteiger partial charge in [-0.3, -0.25) is 9.48 Å². The molecule has 9 heteroatoms. The van der Waals surface area contributed by atoms with Crippen LogP contribution in [-0.4, -0.2) is 51.9 Å². The highest BCUT2D eigenvalue weighted by Gasteiger charge is 2.46. The maximum Gasteiger partial charge on any atom is 0.410 e. The summed E-state index contributed by atoms with van der Waals surface area (Å²) in [4.78, 5) is 39.2. The average molecular weight is 441 g/mol. The standard InChI is InChI=1S/C23H28N4O5/c1-22(2,3)32-21(30)26-10-11-27-18(14-26)17(13-24-27)19(28)25-23(8-9-23)16-7-5-6-15(12-16)20(29)31-4/h5-7,12-13H,8-11,14H2,1-4H3,(H,25,28). The van der Waals surface area contributed by atoms with Crippen molar-refractivity contribution in [1.82, 2.24) is 20.0 Å². The van der Waals surface area contributed by atoms with Gasteiger partial charge in [0, 0.05) is 6.54 Å². The van der Waals surface area contributed by atoms with Crippen LogP contribution >= 0.6 is 0 Å². The molecule has 1 aromatic heterocycles. The third kappa shape index (κ3) is 4.32. The molecule has 0 spiro atoms. The van der Waals surface area contributed by atoms with Crippen LogP contribution in [0.3, 0.4) is 0 Å². The fourth-order valence-corrected chi connectivity index (χ4v) is 3.87. The number of rotatable bonds is 4. The van der Waals surface area contributed by atoms with Crippen LogP contribution < -0.4 is 5.32 Å². The van der Waals surface area contributed by atoms with Crippen molar-refractivity contribution >= 4 is 18.0 Å². The lowest BCUT2D eigenvalue weighted by Gasteiger charge is -2.30. The van der Waals surface area contributed by atoms with E-state index < -0.39 is 23.2 Å². The van der Waals surface area contributed by atoms with Crippen LogP contribution in [0.25, 0.3) is 0 Å². The van der Waals surface area contributed by atoms with Crippen molar-refractivity contribution in [2.24, 2.45) is 0 Å². The molecule has 0 bridgehead atoms. The molecular weight excluding hydrogens is 412 g/mol. The van der Waals surface area contributed by atoms with E-state index in [0.717, 1.165) is 18.4 Å². The summed E-state index contributed by atoms with van der Waals surface area (Å²) >= 11 is 0. The summed E-state index contributed by atoms with van der Waals surface area (Å²) in [7, 11) is 1.34. The van der Waals surface area contributed by atoms with Gasteiger partial charge in [0.2, 0.25) is 0 Å². The van der Waals surface area contributed by atoms with Crippen LogP contribution in [0.1, 0.15) is 65.6 Å². The van der Waals surface area contributed by atoms with Gasteiger partial charge in [-0.2, -0.15) is 5.10 Å². The van der Waals surface area contributed by atoms with Crippen LogP contribution in [0.5, 0.6) is 0 Å². The van der Waals surface area contributed by atoms with Gasteiger partial charge in [0.25, 0.3) is 5.91 Å². The van der Waals surface area contributed by atoms with Crippen molar-refractivity contribution < 1.29 is 23.9 Å². The van der Waals surface area contributed by atoms with Crippen molar-refractivity contribution in [2.75, 3.05) is 13.7 Å². The Hall–Kier alpha value is -3.36. The first-order valence-corrected chi connectivity index (χ1v) is 10.7. The molecule has 32 heavy (non-hydrogen) atoms. The van der Waals surface area contributed by atoms with Crippen LogP contribution in [0.2, 0.25) is 0 Å². The Balaban J connectivity index is 1.51. The fraction of sp³-hybridized carbons (Fsp3) is 0.478. The van der Waals surface area contributed by atoms with Crippen LogP contribution in [0, 0.1) is 0 Å². The van der Waals surface area contributed by atoms with E-state index in [0.29, 0.717) is 29.9 Å². The molecule has 2 amide bonds. The Kier molecular flexibility index (Phi) is 5.44. The van der Waals surface area contributed by atoms with E-state index in [1.54, 1.807) is 34.0 Å². The summed E-state index contributed by atoms with van der Waals surface area (Å²) in [6.07, 6.45) is 2.69. The number of ether oxygens (including phenoxy) is 2. The quantitative estimate of drug-likeness (QED) is 0.734. The van der Waals surface area contributed by atoms with Gasteiger partial charge in [-0.1, -0.05) is 12.1 Å². The number of carbonyl (C=O) groups excluding carboxylic acids is 3. The monoisotopic (exact) mass is 440 g/mol. The van der Waals surface area contributed by atoms with Crippen molar-refractivity contribution in [3.8, 4) is 0 Å². The van der Waals surface area contributed by atoms with Crippen LogP contribution in [0.15, 0.2) is 30.5 Å². The van der Waals surface area contributed by atoms with E-state index in [-0.39, 0.29) is 12.5 Å². The van der Waals surface area contributed by atoms with Gasteiger partial charge in [0.1, 0.15) is 5.60 Å². The molecular formula is C23H28N4O5. The Bertz CT molecular complexity index is 1060. The predicted molar refractivity (Wildman–Crippen MR) is 115 cm³/mol. The zero-order valence-electron chi connectivity index (χ0n) is 18.8. The van der Waals surface area contributed by atoms with Crippen LogP contribution in [0.4, 0.5) is 4.79 Å². The first kappa shape index (κ1) is 21.9. The number of nitrogens with one attached hydrogen (secondary N) is 1. The van der Waals surface area contributed by atoms with Gasteiger partial charge in [0.15, 0.2) is 0 Å². The normalized spacial score (nSPS) is 16.7. The van der Waals surface area contributed by atoms with Crippen molar-refractivity contribution in [2.45, 2.75) is 57.8 Å². The van der Waals surface area contributed by atoms with Crippen molar-refractivity contribution in [3.05, 3.63) is 52.8 Å². The zero-order valence-corrected chi connectivity index (χ0v) is 18.8. The van der Waals surface area contributed by atoms with Gasteiger partial charge in [-0.05, 0) is 51.3 Å². The van der Waals surface area contributed by atoms with E-state index in [2.05, 4.69) is 10.4 Å². The number of aromatic nitrogens is 2. The molecule has 1 fully saturated rings. The summed E-state index contributed by atoms with van der Waals surface area (Å²) in [5, 5.41) is 7.46. The second-order valence-electron chi connectivity index (χ2n) is 9.24. The van der Waals surface area contributed by atoms with Gasteiger partial charge < -0.3 is 19.7 Å². The molecule has 2 aliphatic rings. The number of hydrogen-bond donors (Lipinski definition) is 1. The van der Waals surface area contributed by atoms with Gasteiger partial charge in [0.05, 0.1) is 48.8 Å². The molecule has 1 aliphatic heterocycles. The molecule has 0 atom stereocenters. The van der Waals surface area contributed by atoms with E-state index in [4.69, 9.17) is 9.47 Å². The molecule has 2 aromatic rings. The topological polar surface area (TPSA) is 103 Å². The largest absolute Gasteiger partial charge is 0.465 e. The molecule has 1 aliphatic carbocycles. The zero-order chi connectivity index (χ0) is 23.1. The van der Waals surface area contributed by atoms with Gasteiger partial charge >= 0.3 is 12.1 Å².